The first kappa shape index (κ1) is 19.0. The fraction of sp³-hybridized carbons (Fsp3) is 0.250. The molecule has 1 saturated heterocycles. The number of hydrogen-bond donors (Lipinski definition) is 2. The fourth-order valence-electron chi connectivity index (χ4n) is 2.06. The molecule has 1 fully saturated rings. The van der Waals surface area contributed by atoms with Crippen molar-refractivity contribution in [3.63, 3.8) is 0 Å². The van der Waals surface area contributed by atoms with Crippen molar-refractivity contribution >= 4 is 52.0 Å². The van der Waals surface area contributed by atoms with Crippen LogP contribution in [0.3, 0.4) is 0 Å². The van der Waals surface area contributed by atoms with Gasteiger partial charge in [0, 0.05) is 18.0 Å². The Morgan fingerprint density at radius 1 is 1.40 bits per heavy atom. The molecule has 1 aromatic rings. The first-order chi connectivity index (χ1) is 11.9. The molecular formula is C16H16ClN3O4S. The van der Waals surface area contributed by atoms with Gasteiger partial charge in [0.1, 0.15) is 11.8 Å². The van der Waals surface area contributed by atoms with Gasteiger partial charge in [-0.2, -0.15) is 0 Å². The monoisotopic (exact) mass is 381 g/mol. The number of carbonyl (C=O) groups is 3. The molecule has 1 aliphatic heterocycles. The molecule has 1 heterocycles. The average Bonchev–Trinajstić information content (AvgIpc) is 2.84. The van der Waals surface area contributed by atoms with Gasteiger partial charge in [-0.15, -0.1) is 6.58 Å². The van der Waals surface area contributed by atoms with Crippen molar-refractivity contribution in [2.24, 2.45) is 4.99 Å². The molecule has 2 N–H and O–H groups in total. The molecule has 2 amide bonds. The maximum atomic E-state index is 12.5. The molecule has 0 saturated carbocycles. The second-order valence-corrected chi connectivity index (χ2v) is 6.70. The summed E-state index contributed by atoms with van der Waals surface area (Å²) >= 11 is 7.01. The highest BCUT2D eigenvalue weighted by atomic mass is 35.5. The van der Waals surface area contributed by atoms with Crippen molar-refractivity contribution in [1.82, 2.24) is 10.2 Å². The Labute approximate surface area is 153 Å². The third-order valence-electron chi connectivity index (χ3n) is 3.19. The molecule has 0 unspecified atom stereocenters. The van der Waals surface area contributed by atoms with E-state index in [9.17, 15) is 14.4 Å². The van der Waals surface area contributed by atoms with E-state index in [1.807, 2.05) is 0 Å². The minimum Gasteiger partial charge on any atom is -0.480 e. The summed E-state index contributed by atoms with van der Waals surface area (Å²) < 4.78 is 0. The van der Waals surface area contributed by atoms with Crippen molar-refractivity contribution in [2.75, 3.05) is 13.1 Å². The lowest BCUT2D eigenvalue weighted by Crippen LogP contribution is -2.36. The number of hydrogen-bond acceptors (Lipinski definition) is 5. The van der Waals surface area contributed by atoms with Crippen LogP contribution < -0.4 is 5.32 Å². The first-order valence-electron chi connectivity index (χ1n) is 7.32. The van der Waals surface area contributed by atoms with E-state index in [1.165, 1.54) is 16.7 Å². The van der Waals surface area contributed by atoms with Crippen LogP contribution in [-0.4, -0.2) is 51.3 Å². The van der Waals surface area contributed by atoms with E-state index in [2.05, 4.69) is 16.9 Å². The third-order valence-corrected chi connectivity index (χ3v) is 4.62. The molecule has 0 radical (unpaired) electrons. The number of aliphatic imine (C=N–C) groups is 1. The lowest BCUT2D eigenvalue weighted by molar-refractivity contribution is -0.138. The molecule has 9 heteroatoms. The molecule has 7 nitrogen and oxygen atoms in total. The SMILES string of the molecule is C=CCN1C(=O)[C@@H](CC(=O)NCC(=O)O)SC1=Nc1ccc(Cl)cc1. The molecular weight excluding hydrogens is 366 g/mol. The number of nitrogens with one attached hydrogen (secondary N) is 1. The largest absolute Gasteiger partial charge is 0.480 e. The number of benzene rings is 1. The minimum absolute atomic E-state index is 0.121. The van der Waals surface area contributed by atoms with Crippen molar-refractivity contribution in [3.8, 4) is 0 Å². The summed E-state index contributed by atoms with van der Waals surface area (Å²) in [5.74, 6) is -1.90. The van der Waals surface area contributed by atoms with Gasteiger partial charge in [0.25, 0.3) is 0 Å². The highest BCUT2D eigenvalue weighted by molar-refractivity contribution is 8.15. The number of halogens is 1. The molecule has 0 bridgehead atoms. The number of amidine groups is 1. The number of carboxylic acids is 1. The first-order valence-corrected chi connectivity index (χ1v) is 8.58. The van der Waals surface area contributed by atoms with Crippen LogP contribution in [0.15, 0.2) is 41.9 Å². The molecule has 132 valence electrons. The van der Waals surface area contributed by atoms with Gasteiger partial charge < -0.3 is 10.4 Å². The predicted octanol–water partition coefficient (Wildman–Crippen LogP) is 2.05. The van der Waals surface area contributed by atoms with Crippen LogP contribution >= 0.6 is 23.4 Å². The van der Waals surface area contributed by atoms with E-state index in [-0.39, 0.29) is 18.9 Å². The Morgan fingerprint density at radius 3 is 2.68 bits per heavy atom. The van der Waals surface area contributed by atoms with Crippen LogP contribution in [0.5, 0.6) is 0 Å². The third kappa shape index (κ3) is 5.33. The molecule has 1 atom stereocenters. The van der Waals surface area contributed by atoms with E-state index >= 15 is 0 Å². The second-order valence-electron chi connectivity index (χ2n) is 5.09. The van der Waals surface area contributed by atoms with Gasteiger partial charge in [-0.25, -0.2) is 4.99 Å². The highest BCUT2D eigenvalue weighted by Gasteiger charge is 2.38. The summed E-state index contributed by atoms with van der Waals surface area (Å²) in [6, 6.07) is 6.83. The molecule has 1 aliphatic rings. The molecule has 0 aromatic heterocycles. The van der Waals surface area contributed by atoms with Crippen molar-refractivity contribution in [3.05, 3.63) is 41.9 Å². The van der Waals surface area contributed by atoms with Gasteiger partial charge in [-0.3, -0.25) is 19.3 Å². The Morgan fingerprint density at radius 2 is 2.08 bits per heavy atom. The number of amides is 2. The second kappa shape index (κ2) is 8.68. The Kier molecular flexibility index (Phi) is 6.60. The van der Waals surface area contributed by atoms with Gasteiger partial charge in [0.2, 0.25) is 11.8 Å². The zero-order valence-electron chi connectivity index (χ0n) is 13.1. The minimum atomic E-state index is -1.14. The van der Waals surface area contributed by atoms with Crippen LogP contribution in [0.4, 0.5) is 5.69 Å². The van der Waals surface area contributed by atoms with E-state index in [4.69, 9.17) is 16.7 Å². The number of aliphatic carboxylic acids is 1. The molecule has 2 rings (SSSR count). The normalized spacial score (nSPS) is 18.4. The maximum absolute atomic E-state index is 12.5. The summed E-state index contributed by atoms with van der Waals surface area (Å²) in [5.41, 5.74) is 0.629. The summed E-state index contributed by atoms with van der Waals surface area (Å²) in [6.45, 7) is 3.42. The number of nitrogens with zero attached hydrogens (tertiary/aromatic N) is 2. The number of rotatable bonds is 7. The average molecular weight is 382 g/mol. The van der Waals surface area contributed by atoms with Gasteiger partial charge >= 0.3 is 5.97 Å². The standard InChI is InChI=1S/C16H16ClN3O4S/c1-2-7-20-15(24)12(8-13(21)18-9-14(22)23)25-16(20)19-11-5-3-10(17)4-6-11/h2-6,12H,1,7-9H2,(H,18,21)(H,22,23)/t12-/m1/s1. The van der Waals surface area contributed by atoms with Gasteiger partial charge in [0.15, 0.2) is 5.17 Å². The molecule has 25 heavy (non-hydrogen) atoms. The Hall–Kier alpha value is -2.32. The smallest absolute Gasteiger partial charge is 0.322 e. The molecule has 0 spiro atoms. The van der Waals surface area contributed by atoms with Crippen LogP contribution in [-0.2, 0) is 14.4 Å². The zero-order chi connectivity index (χ0) is 18.4. The summed E-state index contributed by atoms with van der Waals surface area (Å²) in [6.07, 6.45) is 1.45. The molecule has 0 aliphatic carbocycles. The quantitative estimate of drug-likeness (QED) is 0.704. The van der Waals surface area contributed by atoms with E-state index in [0.717, 1.165) is 0 Å². The predicted molar refractivity (Wildman–Crippen MR) is 97.1 cm³/mol. The summed E-state index contributed by atoms with van der Waals surface area (Å²) in [4.78, 5) is 40.6. The van der Waals surface area contributed by atoms with Crippen LogP contribution in [0, 0.1) is 0 Å². The van der Waals surface area contributed by atoms with Crippen LogP contribution in [0.1, 0.15) is 6.42 Å². The summed E-state index contributed by atoms with van der Waals surface area (Å²) in [5, 5.41) is 11.2. The number of carboxylic acid groups (broad SMARTS) is 1. The van der Waals surface area contributed by atoms with Crippen molar-refractivity contribution in [1.29, 1.82) is 0 Å². The van der Waals surface area contributed by atoms with Gasteiger partial charge in [-0.05, 0) is 24.3 Å². The molecule has 1 aromatic carbocycles. The topological polar surface area (TPSA) is 99.1 Å². The maximum Gasteiger partial charge on any atom is 0.322 e. The lowest BCUT2D eigenvalue weighted by Gasteiger charge is -2.13. The summed E-state index contributed by atoms with van der Waals surface area (Å²) in [7, 11) is 0. The van der Waals surface area contributed by atoms with Crippen LogP contribution in [0.2, 0.25) is 5.02 Å². The van der Waals surface area contributed by atoms with E-state index in [1.54, 1.807) is 30.3 Å². The lowest BCUT2D eigenvalue weighted by atomic mass is 10.2. The van der Waals surface area contributed by atoms with E-state index < -0.39 is 23.7 Å². The van der Waals surface area contributed by atoms with Gasteiger partial charge in [0.05, 0.1) is 5.69 Å². The van der Waals surface area contributed by atoms with Crippen LogP contribution in [0.25, 0.3) is 0 Å². The van der Waals surface area contributed by atoms with Crippen molar-refractivity contribution in [2.45, 2.75) is 11.7 Å². The number of thioether (sulfide) groups is 1. The van der Waals surface area contributed by atoms with Crippen molar-refractivity contribution < 1.29 is 19.5 Å². The number of carbonyl (C=O) groups excluding carboxylic acids is 2. The Balaban J connectivity index is 2.13. The van der Waals surface area contributed by atoms with Gasteiger partial charge in [-0.1, -0.05) is 29.4 Å². The zero-order valence-corrected chi connectivity index (χ0v) is 14.7. The van der Waals surface area contributed by atoms with E-state index in [0.29, 0.717) is 15.9 Å². The highest BCUT2D eigenvalue weighted by Crippen LogP contribution is 2.31. The Bertz CT molecular complexity index is 721. The fourth-order valence-corrected chi connectivity index (χ4v) is 3.36.